The Kier molecular flexibility index (Phi) is 11.2. The Morgan fingerprint density at radius 1 is 0.900 bits per heavy atom. The molecular formula is C29H35F3N4O3S. The van der Waals surface area contributed by atoms with E-state index in [1.165, 1.54) is 15.4 Å². The number of piperazine rings is 1. The maximum Gasteiger partial charge on any atom is 0.416 e. The summed E-state index contributed by atoms with van der Waals surface area (Å²) in [5, 5.41) is 2.63. The SMILES string of the molecule is CC(C)c1ccc(CNC=O)cc1.O=S(=O)(c1ccc(C(F)(F)F)cc1)N1CCN(CCc2ccncc2)CC1. The lowest BCUT2D eigenvalue weighted by Crippen LogP contribution is -2.49. The Balaban J connectivity index is 0.000000285. The van der Waals surface area contributed by atoms with Gasteiger partial charge in [-0.3, -0.25) is 9.78 Å². The first kappa shape index (κ1) is 31.3. The van der Waals surface area contributed by atoms with Gasteiger partial charge < -0.3 is 10.2 Å². The summed E-state index contributed by atoms with van der Waals surface area (Å²) in [5.74, 6) is 0.563. The van der Waals surface area contributed by atoms with Crippen molar-refractivity contribution in [1.29, 1.82) is 0 Å². The minimum atomic E-state index is -4.48. The van der Waals surface area contributed by atoms with Gasteiger partial charge in [-0.25, -0.2) is 8.42 Å². The number of amides is 1. The van der Waals surface area contributed by atoms with Gasteiger partial charge in [0, 0.05) is 51.7 Å². The third-order valence-corrected chi connectivity index (χ3v) is 8.57. The molecule has 1 amide bonds. The van der Waals surface area contributed by atoms with E-state index in [4.69, 9.17) is 0 Å². The molecule has 1 aliphatic heterocycles. The topological polar surface area (TPSA) is 82.6 Å². The van der Waals surface area contributed by atoms with Crippen LogP contribution in [0.4, 0.5) is 13.2 Å². The Hall–Kier alpha value is -3.28. The number of pyridine rings is 1. The van der Waals surface area contributed by atoms with E-state index in [0.29, 0.717) is 38.6 Å². The molecule has 7 nitrogen and oxygen atoms in total. The third-order valence-electron chi connectivity index (χ3n) is 6.65. The van der Waals surface area contributed by atoms with Gasteiger partial charge in [0.05, 0.1) is 10.5 Å². The first-order valence-electron chi connectivity index (χ1n) is 13.0. The van der Waals surface area contributed by atoms with E-state index in [2.05, 4.69) is 41.2 Å². The Labute approximate surface area is 234 Å². The summed E-state index contributed by atoms with van der Waals surface area (Å²) in [4.78, 5) is 16.1. The fourth-order valence-corrected chi connectivity index (χ4v) is 5.60. The van der Waals surface area contributed by atoms with Crippen LogP contribution >= 0.6 is 0 Å². The second-order valence-electron chi connectivity index (χ2n) is 9.77. The predicted octanol–water partition coefficient (Wildman–Crippen LogP) is 4.71. The minimum absolute atomic E-state index is 0.110. The molecule has 40 heavy (non-hydrogen) atoms. The molecule has 3 aromatic rings. The monoisotopic (exact) mass is 576 g/mol. The standard InChI is InChI=1S/C18H20F3N3O2S.C11H15NO/c19-18(20,21)16-1-3-17(4-2-16)27(25,26)24-13-11-23(12-14-24)10-7-15-5-8-22-9-6-15;1-9(2)11-5-3-10(4-6-11)7-12-8-13/h1-6,8-9H,7,10-14H2;3-6,8-9H,7H2,1-2H3,(H,12,13). The maximum absolute atomic E-state index is 12.7. The molecule has 1 N–H and O–H groups in total. The predicted molar refractivity (Wildman–Crippen MR) is 148 cm³/mol. The van der Waals surface area contributed by atoms with Crippen LogP contribution in [-0.4, -0.2) is 61.7 Å². The number of rotatable bonds is 9. The third kappa shape index (κ3) is 9.14. The highest BCUT2D eigenvalue weighted by Gasteiger charge is 2.32. The molecule has 0 saturated carbocycles. The number of nitrogens with zero attached hydrogens (tertiary/aromatic N) is 3. The zero-order chi connectivity index (χ0) is 29.2. The van der Waals surface area contributed by atoms with Crippen molar-refractivity contribution in [2.24, 2.45) is 0 Å². The molecular weight excluding hydrogens is 541 g/mol. The average molecular weight is 577 g/mol. The van der Waals surface area contributed by atoms with Crippen molar-refractivity contribution in [3.8, 4) is 0 Å². The van der Waals surface area contributed by atoms with Gasteiger partial charge in [-0.15, -0.1) is 0 Å². The summed E-state index contributed by atoms with van der Waals surface area (Å²) < 4.78 is 64.6. The molecule has 0 bridgehead atoms. The second kappa shape index (κ2) is 14.4. The van der Waals surface area contributed by atoms with Gasteiger partial charge in [0.2, 0.25) is 16.4 Å². The second-order valence-corrected chi connectivity index (χ2v) is 11.7. The fraction of sp³-hybridized carbons (Fsp3) is 0.379. The minimum Gasteiger partial charge on any atom is -0.355 e. The zero-order valence-electron chi connectivity index (χ0n) is 22.6. The van der Waals surface area contributed by atoms with Crippen molar-refractivity contribution in [2.75, 3.05) is 32.7 Å². The van der Waals surface area contributed by atoms with Gasteiger partial charge in [0.25, 0.3) is 0 Å². The number of nitrogens with one attached hydrogen (secondary N) is 1. The number of aromatic nitrogens is 1. The van der Waals surface area contributed by atoms with Gasteiger partial charge in [-0.1, -0.05) is 38.1 Å². The molecule has 0 aliphatic carbocycles. The van der Waals surface area contributed by atoms with Crippen LogP contribution in [0.1, 0.15) is 42.0 Å². The highest BCUT2D eigenvalue weighted by atomic mass is 32.2. The van der Waals surface area contributed by atoms with Crippen LogP contribution in [0.2, 0.25) is 0 Å². The molecule has 1 aliphatic rings. The van der Waals surface area contributed by atoms with Crippen molar-refractivity contribution in [1.82, 2.24) is 19.5 Å². The van der Waals surface area contributed by atoms with Gasteiger partial charge in [0.1, 0.15) is 0 Å². The van der Waals surface area contributed by atoms with Crippen molar-refractivity contribution in [2.45, 2.75) is 43.8 Å². The van der Waals surface area contributed by atoms with E-state index >= 15 is 0 Å². The summed E-state index contributed by atoms with van der Waals surface area (Å²) in [6.45, 7) is 7.58. The van der Waals surface area contributed by atoms with Gasteiger partial charge in [0.15, 0.2) is 0 Å². The normalized spacial score (nSPS) is 14.8. The number of carbonyl (C=O) groups is 1. The van der Waals surface area contributed by atoms with E-state index in [9.17, 15) is 26.4 Å². The lowest BCUT2D eigenvalue weighted by atomic mass is 10.0. The molecule has 1 fully saturated rings. The van der Waals surface area contributed by atoms with E-state index in [-0.39, 0.29) is 4.90 Å². The van der Waals surface area contributed by atoms with Crippen LogP contribution in [0.25, 0.3) is 0 Å². The molecule has 1 saturated heterocycles. The molecule has 216 valence electrons. The van der Waals surface area contributed by atoms with Crippen molar-refractivity contribution in [3.63, 3.8) is 0 Å². The number of benzene rings is 2. The molecule has 2 aromatic carbocycles. The highest BCUT2D eigenvalue weighted by Crippen LogP contribution is 2.30. The van der Waals surface area contributed by atoms with E-state index < -0.39 is 21.8 Å². The van der Waals surface area contributed by atoms with Crippen LogP contribution in [-0.2, 0) is 34.0 Å². The number of alkyl halides is 3. The van der Waals surface area contributed by atoms with Crippen molar-refractivity contribution < 1.29 is 26.4 Å². The van der Waals surface area contributed by atoms with Gasteiger partial charge >= 0.3 is 6.18 Å². The Bertz CT molecular complexity index is 1290. The Morgan fingerprint density at radius 3 is 2.02 bits per heavy atom. The molecule has 0 radical (unpaired) electrons. The summed E-state index contributed by atoms with van der Waals surface area (Å²) in [6.07, 6.45) is 0.571. The van der Waals surface area contributed by atoms with Gasteiger partial charge in [-0.2, -0.15) is 17.5 Å². The van der Waals surface area contributed by atoms with E-state index in [1.807, 2.05) is 24.3 Å². The van der Waals surface area contributed by atoms with Crippen LogP contribution in [0.5, 0.6) is 0 Å². The van der Waals surface area contributed by atoms with Crippen LogP contribution in [0, 0.1) is 0 Å². The first-order chi connectivity index (χ1) is 19.0. The van der Waals surface area contributed by atoms with E-state index in [1.54, 1.807) is 12.4 Å². The zero-order valence-corrected chi connectivity index (χ0v) is 23.5. The van der Waals surface area contributed by atoms with E-state index in [0.717, 1.165) is 49.2 Å². The molecule has 0 unspecified atom stereocenters. The summed E-state index contributed by atoms with van der Waals surface area (Å²) in [7, 11) is -3.78. The number of carbonyl (C=O) groups excluding carboxylic acids is 1. The average Bonchev–Trinajstić information content (AvgIpc) is 2.96. The largest absolute Gasteiger partial charge is 0.416 e. The summed E-state index contributed by atoms with van der Waals surface area (Å²) in [6, 6.07) is 15.9. The quantitative estimate of drug-likeness (QED) is 0.374. The molecule has 1 aromatic heterocycles. The van der Waals surface area contributed by atoms with Crippen LogP contribution < -0.4 is 5.32 Å². The lowest BCUT2D eigenvalue weighted by molar-refractivity contribution is -0.137. The Morgan fingerprint density at radius 2 is 1.50 bits per heavy atom. The smallest absolute Gasteiger partial charge is 0.355 e. The number of halogens is 3. The lowest BCUT2D eigenvalue weighted by Gasteiger charge is -2.34. The van der Waals surface area contributed by atoms with Gasteiger partial charge in [-0.05, 0) is 65.4 Å². The van der Waals surface area contributed by atoms with Crippen molar-refractivity contribution >= 4 is 16.4 Å². The number of hydrogen-bond acceptors (Lipinski definition) is 5. The molecule has 4 rings (SSSR count). The number of hydrogen-bond donors (Lipinski definition) is 1. The van der Waals surface area contributed by atoms with Crippen LogP contribution in [0.3, 0.4) is 0 Å². The summed E-state index contributed by atoms with van der Waals surface area (Å²) in [5.41, 5.74) is 2.78. The fourth-order valence-electron chi connectivity index (χ4n) is 4.18. The highest BCUT2D eigenvalue weighted by molar-refractivity contribution is 7.89. The first-order valence-corrected chi connectivity index (χ1v) is 14.5. The molecule has 0 spiro atoms. The maximum atomic E-state index is 12.7. The molecule has 11 heteroatoms. The molecule has 0 atom stereocenters. The summed E-state index contributed by atoms with van der Waals surface area (Å²) >= 11 is 0. The molecule has 2 heterocycles. The van der Waals surface area contributed by atoms with Crippen molar-refractivity contribution in [3.05, 3.63) is 95.3 Å². The van der Waals surface area contributed by atoms with Crippen LogP contribution in [0.15, 0.2) is 78.0 Å². The number of sulfonamides is 1.